The minimum atomic E-state index is 0.372. The van der Waals surface area contributed by atoms with Gasteiger partial charge in [0.25, 0.3) is 0 Å². The second kappa shape index (κ2) is 6.83. The van der Waals surface area contributed by atoms with Crippen molar-refractivity contribution in [1.82, 2.24) is 10.3 Å². The van der Waals surface area contributed by atoms with Crippen molar-refractivity contribution in [3.63, 3.8) is 0 Å². The quantitative estimate of drug-likeness (QED) is 0.794. The van der Waals surface area contributed by atoms with E-state index in [2.05, 4.69) is 67.1 Å². The van der Waals surface area contributed by atoms with E-state index in [9.17, 15) is 0 Å². The van der Waals surface area contributed by atoms with Crippen LogP contribution in [0.4, 0.5) is 0 Å². The average Bonchev–Trinajstić information content (AvgIpc) is 2.78. The molecule has 0 aliphatic heterocycles. The molecule has 0 bridgehead atoms. The molecule has 0 fully saturated rings. The van der Waals surface area contributed by atoms with Gasteiger partial charge in [-0.25, -0.2) is 4.98 Å². The number of nitrogens with one attached hydrogen (secondary N) is 1. The van der Waals surface area contributed by atoms with Crippen LogP contribution in [0.25, 0.3) is 10.6 Å². The van der Waals surface area contributed by atoms with Gasteiger partial charge in [-0.05, 0) is 51.4 Å². The van der Waals surface area contributed by atoms with Gasteiger partial charge < -0.3 is 5.32 Å². The Hall–Kier alpha value is -0.710. The summed E-state index contributed by atoms with van der Waals surface area (Å²) in [5.74, 6) is 0. The lowest BCUT2D eigenvalue weighted by Gasteiger charge is -2.11. The van der Waals surface area contributed by atoms with Crippen LogP contribution in [0, 0.1) is 13.8 Å². The van der Waals surface area contributed by atoms with Gasteiger partial charge in [0.2, 0.25) is 0 Å². The molecule has 4 heteroatoms. The summed E-state index contributed by atoms with van der Waals surface area (Å²) in [7, 11) is 0. The predicted octanol–water partition coefficient (Wildman–Crippen LogP) is 5.25. The number of rotatable bonds is 5. The molecule has 1 atom stereocenters. The Bertz CT molecular complexity index is 592. The number of hydrogen-bond donors (Lipinski definition) is 1. The lowest BCUT2D eigenvalue weighted by Crippen LogP contribution is -2.18. The summed E-state index contributed by atoms with van der Waals surface area (Å²) >= 11 is 5.32. The standard InChI is InChI=1S/C16H21BrN2S/c1-5-8-18-11(3)15-12(4)19-16(20-15)14-7-6-13(17)9-10(14)2/h6-7,9,11,18H,5,8H2,1-4H3. The summed E-state index contributed by atoms with van der Waals surface area (Å²) < 4.78 is 1.12. The molecule has 1 aromatic heterocycles. The summed E-state index contributed by atoms with van der Waals surface area (Å²) in [6.45, 7) is 9.69. The van der Waals surface area contributed by atoms with Gasteiger partial charge >= 0.3 is 0 Å². The highest BCUT2D eigenvalue weighted by Crippen LogP contribution is 2.34. The topological polar surface area (TPSA) is 24.9 Å². The fourth-order valence-electron chi connectivity index (χ4n) is 2.25. The van der Waals surface area contributed by atoms with E-state index in [0.29, 0.717) is 6.04 Å². The van der Waals surface area contributed by atoms with Crippen LogP contribution >= 0.6 is 27.3 Å². The molecule has 2 rings (SSSR count). The second-order valence-corrected chi connectivity index (χ2v) is 7.05. The number of thiazole rings is 1. The van der Waals surface area contributed by atoms with E-state index in [1.165, 1.54) is 16.0 Å². The third kappa shape index (κ3) is 3.48. The highest BCUT2D eigenvalue weighted by molar-refractivity contribution is 9.10. The molecule has 0 saturated carbocycles. The van der Waals surface area contributed by atoms with Crippen molar-refractivity contribution >= 4 is 27.3 Å². The van der Waals surface area contributed by atoms with E-state index < -0.39 is 0 Å². The van der Waals surface area contributed by atoms with Crippen LogP contribution in [0.3, 0.4) is 0 Å². The van der Waals surface area contributed by atoms with Gasteiger partial charge in [-0.1, -0.05) is 28.9 Å². The minimum Gasteiger partial charge on any atom is -0.309 e. The Balaban J connectivity index is 2.30. The van der Waals surface area contributed by atoms with Gasteiger partial charge in [-0.15, -0.1) is 11.3 Å². The van der Waals surface area contributed by atoms with E-state index in [1.54, 1.807) is 11.3 Å². The van der Waals surface area contributed by atoms with Crippen molar-refractivity contribution in [2.24, 2.45) is 0 Å². The summed E-state index contributed by atoms with van der Waals surface area (Å²) in [4.78, 5) is 6.11. The van der Waals surface area contributed by atoms with E-state index >= 15 is 0 Å². The molecule has 0 aliphatic carbocycles. The Morgan fingerprint density at radius 2 is 2.10 bits per heavy atom. The highest BCUT2D eigenvalue weighted by atomic mass is 79.9. The van der Waals surface area contributed by atoms with Crippen LogP contribution in [0.15, 0.2) is 22.7 Å². The molecule has 2 nitrogen and oxygen atoms in total. The van der Waals surface area contributed by atoms with Crippen molar-refractivity contribution in [2.75, 3.05) is 6.54 Å². The molecule has 2 aromatic rings. The first-order valence-corrected chi connectivity index (χ1v) is 8.61. The first-order chi connectivity index (χ1) is 9.52. The normalized spacial score (nSPS) is 12.7. The Kier molecular flexibility index (Phi) is 5.35. The fraction of sp³-hybridized carbons (Fsp3) is 0.438. The summed E-state index contributed by atoms with van der Waals surface area (Å²) in [5, 5.41) is 4.66. The average molecular weight is 353 g/mol. The van der Waals surface area contributed by atoms with Gasteiger partial charge in [-0.2, -0.15) is 0 Å². The largest absolute Gasteiger partial charge is 0.309 e. The summed E-state index contributed by atoms with van der Waals surface area (Å²) in [5.41, 5.74) is 3.63. The maximum Gasteiger partial charge on any atom is 0.124 e. The molecular formula is C16H21BrN2S. The second-order valence-electron chi connectivity index (χ2n) is 5.10. The highest BCUT2D eigenvalue weighted by Gasteiger charge is 2.15. The van der Waals surface area contributed by atoms with Gasteiger partial charge in [0.15, 0.2) is 0 Å². The molecule has 1 heterocycles. The molecule has 0 amide bonds. The molecule has 1 unspecified atom stereocenters. The van der Waals surface area contributed by atoms with Crippen LogP contribution in [0.1, 0.15) is 42.4 Å². The first-order valence-electron chi connectivity index (χ1n) is 7.00. The van der Waals surface area contributed by atoms with Crippen molar-refractivity contribution in [3.05, 3.63) is 38.8 Å². The Morgan fingerprint density at radius 3 is 2.75 bits per heavy atom. The minimum absolute atomic E-state index is 0.372. The molecule has 1 aromatic carbocycles. The number of benzene rings is 1. The smallest absolute Gasteiger partial charge is 0.124 e. The van der Waals surface area contributed by atoms with E-state index in [1.807, 2.05) is 0 Å². The Labute approximate surface area is 133 Å². The molecule has 0 saturated heterocycles. The Morgan fingerprint density at radius 1 is 1.35 bits per heavy atom. The molecule has 1 N–H and O–H groups in total. The van der Waals surface area contributed by atoms with Crippen LogP contribution in [0.5, 0.6) is 0 Å². The maximum atomic E-state index is 4.76. The molecular weight excluding hydrogens is 332 g/mol. The van der Waals surface area contributed by atoms with Gasteiger partial charge in [0.1, 0.15) is 5.01 Å². The van der Waals surface area contributed by atoms with Crippen LogP contribution in [-0.2, 0) is 0 Å². The maximum absolute atomic E-state index is 4.76. The van der Waals surface area contributed by atoms with Crippen LogP contribution < -0.4 is 5.32 Å². The van der Waals surface area contributed by atoms with Gasteiger partial charge in [-0.3, -0.25) is 0 Å². The van der Waals surface area contributed by atoms with Crippen molar-refractivity contribution in [2.45, 2.75) is 40.2 Å². The molecule has 0 radical (unpaired) electrons. The summed E-state index contributed by atoms with van der Waals surface area (Å²) in [6, 6.07) is 6.74. The van der Waals surface area contributed by atoms with Gasteiger partial charge in [0.05, 0.1) is 5.69 Å². The zero-order valence-electron chi connectivity index (χ0n) is 12.5. The third-order valence-corrected chi connectivity index (χ3v) is 5.21. The number of nitrogens with zero attached hydrogens (tertiary/aromatic N) is 1. The van der Waals surface area contributed by atoms with Gasteiger partial charge in [0, 0.05) is 21.0 Å². The lowest BCUT2D eigenvalue weighted by molar-refractivity contribution is 0.575. The van der Waals surface area contributed by atoms with E-state index in [-0.39, 0.29) is 0 Å². The summed E-state index contributed by atoms with van der Waals surface area (Å²) in [6.07, 6.45) is 1.15. The lowest BCUT2D eigenvalue weighted by atomic mass is 10.1. The molecule has 0 aliphatic rings. The van der Waals surface area contributed by atoms with Crippen LogP contribution in [-0.4, -0.2) is 11.5 Å². The fourth-order valence-corrected chi connectivity index (χ4v) is 3.90. The monoisotopic (exact) mass is 352 g/mol. The van der Waals surface area contributed by atoms with Crippen molar-refractivity contribution in [1.29, 1.82) is 0 Å². The van der Waals surface area contributed by atoms with Crippen molar-refractivity contribution < 1.29 is 0 Å². The van der Waals surface area contributed by atoms with Crippen LogP contribution in [0.2, 0.25) is 0 Å². The number of aromatic nitrogens is 1. The zero-order chi connectivity index (χ0) is 14.7. The number of aryl methyl sites for hydroxylation is 2. The first kappa shape index (κ1) is 15.7. The molecule has 0 spiro atoms. The van der Waals surface area contributed by atoms with E-state index in [4.69, 9.17) is 4.98 Å². The number of halogens is 1. The van der Waals surface area contributed by atoms with Crippen molar-refractivity contribution in [3.8, 4) is 10.6 Å². The number of hydrogen-bond acceptors (Lipinski definition) is 3. The SMILES string of the molecule is CCCNC(C)c1sc(-c2ccc(Br)cc2C)nc1C. The predicted molar refractivity (Wildman–Crippen MR) is 91.4 cm³/mol. The molecule has 108 valence electrons. The third-order valence-electron chi connectivity index (χ3n) is 3.35. The zero-order valence-corrected chi connectivity index (χ0v) is 14.9. The molecule has 20 heavy (non-hydrogen) atoms. The van der Waals surface area contributed by atoms with E-state index in [0.717, 1.165) is 28.1 Å².